The molecule has 0 aliphatic heterocycles. The molecule has 0 fully saturated rings. The largest absolute Gasteiger partial charge is 0.335 e. The van der Waals surface area contributed by atoms with E-state index in [1.807, 2.05) is 31.2 Å². The average molecular weight is 424 g/mol. The summed E-state index contributed by atoms with van der Waals surface area (Å²) < 4.78 is 33.5. The van der Waals surface area contributed by atoms with Crippen molar-refractivity contribution in [3.63, 3.8) is 0 Å². The number of carbonyl (C=O) groups excluding carboxylic acids is 1. The van der Waals surface area contributed by atoms with E-state index in [1.54, 1.807) is 0 Å². The Labute approximate surface area is 175 Å². The minimum Gasteiger partial charge on any atom is -0.335 e. The van der Waals surface area contributed by atoms with Crippen molar-refractivity contribution in [1.29, 1.82) is 0 Å². The molecule has 2 heterocycles. The molecule has 1 N–H and O–H groups in total. The molecule has 7 nitrogen and oxygen atoms in total. The van der Waals surface area contributed by atoms with E-state index in [0.717, 1.165) is 30.2 Å². The zero-order valence-corrected chi connectivity index (χ0v) is 16.6. The monoisotopic (exact) mass is 424 g/mol. The van der Waals surface area contributed by atoms with Crippen molar-refractivity contribution in [1.82, 2.24) is 14.7 Å². The second-order valence-corrected chi connectivity index (χ2v) is 6.96. The number of hydrogen-bond acceptors (Lipinski definition) is 5. The standard InChI is InChI=1S/C22H18F2N4O3/c1-2-13-3-5-17(6-4-13)26-18(29)7-8-28-12-25-21-19(22(28)30)20(27-31-21)14-9-15(23)11-16(24)10-14/h3-6,9-12H,2,7-8H2,1H3,(H,26,29). The molecule has 0 saturated carbocycles. The van der Waals surface area contributed by atoms with Gasteiger partial charge in [-0.3, -0.25) is 14.2 Å². The van der Waals surface area contributed by atoms with Crippen molar-refractivity contribution in [3.05, 3.63) is 76.3 Å². The smallest absolute Gasteiger partial charge is 0.266 e. The van der Waals surface area contributed by atoms with Crippen molar-refractivity contribution in [3.8, 4) is 11.3 Å². The molecule has 2 aromatic heterocycles. The van der Waals surface area contributed by atoms with Crippen LogP contribution in [0.3, 0.4) is 0 Å². The van der Waals surface area contributed by atoms with Gasteiger partial charge in [-0.15, -0.1) is 0 Å². The van der Waals surface area contributed by atoms with E-state index in [0.29, 0.717) is 5.69 Å². The minimum atomic E-state index is -0.806. The Bertz CT molecular complexity index is 1290. The molecule has 31 heavy (non-hydrogen) atoms. The number of aryl methyl sites for hydroxylation is 2. The molecular weight excluding hydrogens is 406 g/mol. The van der Waals surface area contributed by atoms with Gasteiger partial charge >= 0.3 is 0 Å². The van der Waals surface area contributed by atoms with Crippen LogP contribution in [0, 0.1) is 11.6 Å². The third kappa shape index (κ3) is 4.35. The van der Waals surface area contributed by atoms with Gasteiger partial charge in [0.1, 0.15) is 29.0 Å². The molecule has 1 amide bonds. The minimum absolute atomic E-state index is 0.0111. The first-order chi connectivity index (χ1) is 14.9. The summed E-state index contributed by atoms with van der Waals surface area (Å²) in [6, 6.07) is 10.3. The van der Waals surface area contributed by atoms with E-state index < -0.39 is 17.2 Å². The maximum absolute atomic E-state index is 13.6. The van der Waals surface area contributed by atoms with Gasteiger partial charge in [-0.05, 0) is 36.2 Å². The van der Waals surface area contributed by atoms with Crippen LogP contribution in [-0.4, -0.2) is 20.6 Å². The predicted octanol–water partition coefficient (Wildman–Crippen LogP) is 3.92. The van der Waals surface area contributed by atoms with Crippen LogP contribution in [0.15, 0.2) is 58.1 Å². The number of anilines is 1. The summed E-state index contributed by atoms with van der Waals surface area (Å²) in [5.74, 6) is -1.88. The average Bonchev–Trinajstić information content (AvgIpc) is 3.18. The summed E-state index contributed by atoms with van der Waals surface area (Å²) in [4.78, 5) is 29.2. The summed E-state index contributed by atoms with van der Waals surface area (Å²) >= 11 is 0. The highest BCUT2D eigenvalue weighted by molar-refractivity contribution is 5.91. The van der Waals surface area contributed by atoms with E-state index in [1.165, 1.54) is 10.9 Å². The molecule has 0 unspecified atom stereocenters. The Morgan fingerprint density at radius 1 is 1.13 bits per heavy atom. The normalized spacial score (nSPS) is 11.1. The second-order valence-electron chi connectivity index (χ2n) is 6.96. The van der Waals surface area contributed by atoms with Crippen LogP contribution in [0.25, 0.3) is 22.4 Å². The highest BCUT2D eigenvalue weighted by atomic mass is 19.1. The molecule has 4 rings (SSSR count). The van der Waals surface area contributed by atoms with Gasteiger partial charge in [0.15, 0.2) is 0 Å². The Morgan fingerprint density at radius 3 is 2.52 bits per heavy atom. The third-order valence-corrected chi connectivity index (χ3v) is 4.82. The van der Waals surface area contributed by atoms with Crippen molar-refractivity contribution < 1.29 is 18.1 Å². The van der Waals surface area contributed by atoms with Crippen LogP contribution in [0.2, 0.25) is 0 Å². The Hall–Kier alpha value is -3.88. The first-order valence-corrected chi connectivity index (χ1v) is 9.64. The fourth-order valence-corrected chi connectivity index (χ4v) is 3.20. The highest BCUT2D eigenvalue weighted by Gasteiger charge is 2.18. The number of rotatable bonds is 6. The van der Waals surface area contributed by atoms with Crippen LogP contribution < -0.4 is 10.9 Å². The molecule has 0 aliphatic carbocycles. The zero-order chi connectivity index (χ0) is 22.0. The second kappa shape index (κ2) is 8.47. The fraction of sp³-hybridized carbons (Fsp3) is 0.182. The van der Waals surface area contributed by atoms with Gasteiger partial charge in [-0.2, -0.15) is 0 Å². The van der Waals surface area contributed by atoms with Gasteiger partial charge in [0.25, 0.3) is 11.3 Å². The van der Waals surface area contributed by atoms with Crippen molar-refractivity contribution in [2.24, 2.45) is 0 Å². The molecule has 0 atom stereocenters. The lowest BCUT2D eigenvalue weighted by Gasteiger charge is -2.07. The molecular formula is C22H18F2N4O3. The Kier molecular flexibility index (Phi) is 5.57. The first-order valence-electron chi connectivity index (χ1n) is 9.64. The summed E-state index contributed by atoms with van der Waals surface area (Å²) in [6.07, 6.45) is 2.17. The highest BCUT2D eigenvalue weighted by Crippen LogP contribution is 2.25. The van der Waals surface area contributed by atoms with Crippen LogP contribution in [0.4, 0.5) is 14.5 Å². The van der Waals surface area contributed by atoms with Crippen molar-refractivity contribution in [2.75, 3.05) is 5.32 Å². The Balaban J connectivity index is 1.55. The lowest BCUT2D eigenvalue weighted by Crippen LogP contribution is -2.23. The van der Waals surface area contributed by atoms with Gasteiger partial charge < -0.3 is 9.84 Å². The van der Waals surface area contributed by atoms with Crippen molar-refractivity contribution in [2.45, 2.75) is 26.3 Å². The number of hydrogen-bond donors (Lipinski definition) is 1. The molecule has 0 spiro atoms. The molecule has 0 radical (unpaired) electrons. The number of benzene rings is 2. The number of aromatic nitrogens is 3. The summed E-state index contributed by atoms with van der Waals surface area (Å²) in [5.41, 5.74) is 1.29. The van der Waals surface area contributed by atoms with E-state index in [-0.39, 0.29) is 41.2 Å². The van der Waals surface area contributed by atoms with Crippen molar-refractivity contribution >= 4 is 22.7 Å². The molecule has 0 saturated heterocycles. The van der Waals surface area contributed by atoms with Crippen LogP contribution in [0.5, 0.6) is 0 Å². The van der Waals surface area contributed by atoms with E-state index >= 15 is 0 Å². The number of carbonyl (C=O) groups is 1. The van der Waals surface area contributed by atoms with Gasteiger partial charge in [0.05, 0.1) is 0 Å². The summed E-state index contributed by atoms with van der Waals surface area (Å²) in [5, 5.41) is 6.52. The van der Waals surface area contributed by atoms with E-state index in [9.17, 15) is 18.4 Å². The topological polar surface area (TPSA) is 90.0 Å². The van der Waals surface area contributed by atoms with Crippen LogP contribution >= 0.6 is 0 Å². The zero-order valence-electron chi connectivity index (χ0n) is 16.6. The quantitative estimate of drug-likeness (QED) is 0.507. The van der Waals surface area contributed by atoms with E-state index in [2.05, 4.69) is 15.5 Å². The van der Waals surface area contributed by atoms with Crippen LogP contribution in [0.1, 0.15) is 18.9 Å². The van der Waals surface area contributed by atoms with Gasteiger partial charge in [0.2, 0.25) is 5.91 Å². The predicted molar refractivity (Wildman–Crippen MR) is 110 cm³/mol. The van der Waals surface area contributed by atoms with E-state index in [4.69, 9.17) is 4.52 Å². The fourth-order valence-electron chi connectivity index (χ4n) is 3.20. The number of nitrogens with zero attached hydrogens (tertiary/aromatic N) is 3. The van der Waals surface area contributed by atoms with Gasteiger partial charge in [-0.1, -0.05) is 24.2 Å². The molecule has 0 bridgehead atoms. The van der Waals surface area contributed by atoms with Gasteiger partial charge in [-0.25, -0.2) is 13.8 Å². The first kappa shape index (κ1) is 20.4. The Morgan fingerprint density at radius 2 is 1.84 bits per heavy atom. The number of halogens is 2. The summed E-state index contributed by atoms with van der Waals surface area (Å²) in [6.45, 7) is 2.10. The maximum Gasteiger partial charge on any atom is 0.266 e. The maximum atomic E-state index is 13.6. The number of fused-ring (bicyclic) bond motifs is 1. The molecule has 2 aromatic carbocycles. The molecule has 0 aliphatic rings. The SMILES string of the molecule is CCc1ccc(NC(=O)CCn2cnc3onc(-c4cc(F)cc(F)c4)c3c2=O)cc1. The van der Waals surface area contributed by atoms with Crippen LogP contribution in [-0.2, 0) is 17.8 Å². The molecule has 9 heteroatoms. The molecule has 158 valence electrons. The lowest BCUT2D eigenvalue weighted by molar-refractivity contribution is -0.116. The summed E-state index contributed by atoms with van der Waals surface area (Å²) in [7, 11) is 0. The van der Waals surface area contributed by atoms with Gasteiger partial charge in [0, 0.05) is 30.3 Å². The number of amides is 1. The third-order valence-electron chi connectivity index (χ3n) is 4.82. The molecule has 4 aromatic rings. The number of nitrogens with one attached hydrogen (secondary N) is 1. The lowest BCUT2D eigenvalue weighted by atomic mass is 10.1.